The Kier molecular flexibility index (Phi) is 4.20. The van der Waals surface area contributed by atoms with Crippen molar-refractivity contribution in [2.24, 2.45) is 0 Å². The summed E-state index contributed by atoms with van der Waals surface area (Å²) in [6.45, 7) is 0. The van der Waals surface area contributed by atoms with E-state index in [0.29, 0.717) is 5.46 Å². The van der Waals surface area contributed by atoms with E-state index in [1.54, 1.807) is 0 Å². The first kappa shape index (κ1) is 9.21. The second-order valence-corrected chi connectivity index (χ2v) is 1.55. The van der Waals surface area contributed by atoms with Crippen molar-refractivity contribution in [3.05, 3.63) is 30.1 Å². The van der Waals surface area contributed by atoms with Crippen LogP contribution in [0.4, 0.5) is 4.39 Å². The van der Waals surface area contributed by atoms with Crippen molar-refractivity contribution in [3.8, 4) is 0 Å². The molecule has 9 heavy (non-hydrogen) atoms. The van der Waals surface area contributed by atoms with Gasteiger partial charge in [-0.2, -0.15) is 0 Å². The Bertz CT molecular complexity index is 157. The Morgan fingerprint density at radius 1 is 1.22 bits per heavy atom. The van der Waals surface area contributed by atoms with Gasteiger partial charge in [-0.25, -0.2) is 4.39 Å². The van der Waals surface area contributed by atoms with Gasteiger partial charge in [0.15, 0.2) is 0 Å². The van der Waals surface area contributed by atoms with Crippen molar-refractivity contribution < 1.29 is 35.4 Å². The van der Waals surface area contributed by atoms with Crippen molar-refractivity contribution in [2.45, 2.75) is 0 Å². The smallest absolute Gasteiger partial charge is 1.00 e. The first-order valence-corrected chi connectivity index (χ1v) is 2.30. The van der Waals surface area contributed by atoms with Crippen LogP contribution in [-0.2, 0) is 0 Å². The maximum atomic E-state index is 12.0. The molecule has 1 aromatic carbocycles. The summed E-state index contributed by atoms with van der Waals surface area (Å²) in [6, 6.07) is 5.70. The van der Waals surface area contributed by atoms with E-state index in [0.717, 1.165) is 0 Å². The van der Waals surface area contributed by atoms with Crippen LogP contribution in [0.1, 0.15) is 1.43 Å². The Morgan fingerprint density at radius 3 is 2.00 bits per heavy atom. The van der Waals surface area contributed by atoms with Crippen LogP contribution in [0.15, 0.2) is 24.3 Å². The first-order chi connectivity index (χ1) is 3.79. The number of benzene rings is 1. The number of rotatable bonds is 0. The maximum Gasteiger partial charge on any atom is 1.00 e. The summed E-state index contributed by atoms with van der Waals surface area (Å²) in [5.74, 6) is -0.251. The van der Waals surface area contributed by atoms with E-state index >= 15 is 0 Å². The van der Waals surface area contributed by atoms with Gasteiger partial charge in [-0.05, 0) is 12.1 Å². The Labute approximate surface area is 78.6 Å². The third kappa shape index (κ3) is 3.04. The number of hydrogen-bond donors (Lipinski definition) is 0. The molecule has 0 aliphatic carbocycles. The molecular formula is C6H5BFNa. The molecule has 0 fully saturated rings. The summed E-state index contributed by atoms with van der Waals surface area (Å²) >= 11 is 0. The van der Waals surface area contributed by atoms with Gasteiger partial charge < -0.3 is 1.43 Å². The molecular weight excluding hydrogens is 125 g/mol. The zero-order valence-corrected chi connectivity index (χ0v) is 7.26. The van der Waals surface area contributed by atoms with Crippen LogP contribution in [0.3, 0.4) is 0 Å². The van der Waals surface area contributed by atoms with E-state index in [4.69, 9.17) is 7.85 Å². The van der Waals surface area contributed by atoms with Gasteiger partial charge in [-0.3, -0.25) is 0 Å². The second-order valence-electron chi connectivity index (χ2n) is 1.55. The van der Waals surface area contributed by atoms with Gasteiger partial charge in [-0.15, -0.1) is 0 Å². The predicted octanol–water partition coefficient (Wildman–Crippen LogP) is -2.26. The quantitative estimate of drug-likeness (QED) is 0.347. The third-order valence-electron chi connectivity index (χ3n) is 0.870. The summed E-state index contributed by atoms with van der Waals surface area (Å²) in [6.07, 6.45) is 0. The van der Waals surface area contributed by atoms with Crippen LogP contribution in [0.5, 0.6) is 0 Å². The molecule has 0 N–H and O–H groups in total. The Hall–Kier alpha value is 0.215. The fourth-order valence-corrected chi connectivity index (χ4v) is 0.463. The zero-order valence-electron chi connectivity index (χ0n) is 6.26. The van der Waals surface area contributed by atoms with Gasteiger partial charge in [-0.1, -0.05) is 17.6 Å². The van der Waals surface area contributed by atoms with Crippen LogP contribution in [0.2, 0.25) is 0 Å². The Balaban J connectivity index is 0. The van der Waals surface area contributed by atoms with Crippen molar-refractivity contribution >= 4 is 13.3 Å². The van der Waals surface area contributed by atoms with Gasteiger partial charge in [0.05, 0.1) is 0 Å². The topological polar surface area (TPSA) is 0 Å². The molecule has 1 aromatic rings. The average molecular weight is 130 g/mol. The average Bonchev–Trinajstić information content (AvgIpc) is 1.77. The molecule has 0 heterocycles. The molecule has 0 spiro atoms. The van der Waals surface area contributed by atoms with E-state index in [1.165, 1.54) is 24.3 Å². The van der Waals surface area contributed by atoms with Crippen molar-refractivity contribution in [1.82, 2.24) is 0 Å². The minimum atomic E-state index is -0.251. The van der Waals surface area contributed by atoms with E-state index in [9.17, 15) is 4.39 Å². The minimum Gasteiger partial charge on any atom is -1.00 e. The minimum absolute atomic E-state index is 0. The molecule has 0 atom stereocenters. The summed E-state index contributed by atoms with van der Waals surface area (Å²) < 4.78 is 12.0. The SMILES string of the molecule is [B]c1ccc(F)cc1.[H-].[Na+]. The first-order valence-electron chi connectivity index (χ1n) is 2.30. The van der Waals surface area contributed by atoms with Crippen LogP contribution in [0, 0.1) is 5.82 Å². The summed E-state index contributed by atoms with van der Waals surface area (Å²) in [5, 5.41) is 0. The van der Waals surface area contributed by atoms with Gasteiger partial charge in [0.25, 0.3) is 0 Å². The molecule has 0 saturated heterocycles. The van der Waals surface area contributed by atoms with Gasteiger partial charge in [0.2, 0.25) is 0 Å². The Morgan fingerprint density at radius 2 is 1.67 bits per heavy atom. The molecule has 40 valence electrons. The number of hydrogen-bond acceptors (Lipinski definition) is 0. The summed E-state index contributed by atoms with van der Waals surface area (Å²) in [7, 11) is 5.26. The van der Waals surface area contributed by atoms with Crippen molar-refractivity contribution in [2.75, 3.05) is 0 Å². The van der Waals surface area contributed by atoms with Crippen molar-refractivity contribution in [3.63, 3.8) is 0 Å². The molecule has 0 saturated carbocycles. The third-order valence-corrected chi connectivity index (χ3v) is 0.870. The number of halogens is 1. The van der Waals surface area contributed by atoms with E-state index in [-0.39, 0.29) is 36.8 Å². The van der Waals surface area contributed by atoms with Gasteiger partial charge in [0, 0.05) is 0 Å². The van der Waals surface area contributed by atoms with Crippen molar-refractivity contribution in [1.29, 1.82) is 0 Å². The molecule has 0 aliphatic rings. The molecule has 0 aliphatic heterocycles. The van der Waals surface area contributed by atoms with E-state index < -0.39 is 0 Å². The van der Waals surface area contributed by atoms with Crippen LogP contribution < -0.4 is 35.0 Å². The monoisotopic (exact) mass is 130 g/mol. The van der Waals surface area contributed by atoms with Crippen LogP contribution in [-0.4, -0.2) is 7.85 Å². The zero-order chi connectivity index (χ0) is 5.98. The summed E-state index contributed by atoms with van der Waals surface area (Å²) in [4.78, 5) is 0. The molecule has 0 nitrogen and oxygen atoms in total. The van der Waals surface area contributed by atoms with E-state index in [1.807, 2.05) is 0 Å². The molecule has 2 radical (unpaired) electrons. The molecule has 1 rings (SSSR count). The van der Waals surface area contributed by atoms with Crippen LogP contribution in [0.25, 0.3) is 0 Å². The fraction of sp³-hybridized carbons (Fsp3) is 0. The molecule has 0 aromatic heterocycles. The second kappa shape index (κ2) is 4.10. The fourth-order valence-electron chi connectivity index (χ4n) is 0.463. The normalized spacial score (nSPS) is 8.11. The maximum absolute atomic E-state index is 12.0. The summed E-state index contributed by atoms with van der Waals surface area (Å²) in [5.41, 5.74) is 0.589. The molecule has 3 heteroatoms. The van der Waals surface area contributed by atoms with Gasteiger partial charge >= 0.3 is 29.6 Å². The molecule has 0 unspecified atom stereocenters. The molecule has 0 amide bonds. The van der Waals surface area contributed by atoms with Gasteiger partial charge in [0.1, 0.15) is 13.7 Å². The largest absolute Gasteiger partial charge is 1.00 e. The van der Waals surface area contributed by atoms with Crippen LogP contribution >= 0.6 is 0 Å². The molecule has 0 bridgehead atoms. The standard InChI is InChI=1S/C6H4BF.Na.H/c7-5-1-3-6(8)4-2-5;;/h1-4H;;/q;+1;-1. The van der Waals surface area contributed by atoms with E-state index in [2.05, 4.69) is 0 Å². The predicted molar refractivity (Wildman–Crippen MR) is 32.9 cm³/mol.